The maximum Gasteiger partial charge on any atom is 0.256 e. The highest BCUT2D eigenvalue weighted by Crippen LogP contribution is 2.26. The number of halogens is 1. The fourth-order valence-corrected chi connectivity index (χ4v) is 2.93. The minimum absolute atomic E-state index is 0.0116. The van der Waals surface area contributed by atoms with Crippen molar-refractivity contribution in [1.29, 1.82) is 0 Å². The molecule has 1 aliphatic carbocycles. The third-order valence-corrected chi connectivity index (χ3v) is 4.13. The molecule has 3 rings (SSSR count). The topological polar surface area (TPSA) is 46.3 Å². The molecule has 0 radical (unpaired) electrons. The summed E-state index contributed by atoms with van der Waals surface area (Å²) in [5, 5.41) is 0.394. The molecule has 1 amide bonds. The number of amides is 1. The summed E-state index contributed by atoms with van der Waals surface area (Å²) in [6, 6.07) is 7.39. The van der Waals surface area contributed by atoms with E-state index in [0.29, 0.717) is 17.3 Å². The van der Waals surface area contributed by atoms with Gasteiger partial charge in [-0.15, -0.1) is 0 Å². The first kappa shape index (κ1) is 14.1. The lowest BCUT2D eigenvalue weighted by molar-refractivity contribution is 0.0648. The van der Waals surface area contributed by atoms with E-state index in [9.17, 15) is 4.79 Å². The van der Waals surface area contributed by atoms with Crippen LogP contribution in [0.2, 0.25) is 5.15 Å². The van der Waals surface area contributed by atoms with Gasteiger partial charge in [-0.3, -0.25) is 4.79 Å². The van der Waals surface area contributed by atoms with Crippen LogP contribution >= 0.6 is 11.6 Å². The number of pyridine rings is 1. The van der Waals surface area contributed by atoms with Crippen molar-refractivity contribution in [1.82, 2.24) is 9.88 Å². The molecule has 2 aromatic heterocycles. The smallest absolute Gasteiger partial charge is 0.256 e. The number of aromatic nitrogens is 1. The SMILES string of the molecule is O=C(c1ccc(Cl)nc1)N(Cc1ccco1)C1CCCC1. The van der Waals surface area contributed by atoms with E-state index in [1.807, 2.05) is 17.0 Å². The summed E-state index contributed by atoms with van der Waals surface area (Å²) in [4.78, 5) is 18.7. The van der Waals surface area contributed by atoms with Gasteiger partial charge in [0.05, 0.1) is 18.4 Å². The Kier molecular flexibility index (Phi) is 4.25. The monoisotopic (exact) mass is 304 g/mol. The molecule has 4 nitrogen and oxygen atoms in total. The lowest BCUT2D eigenvalue weighted by Crippen LogP contribution is -2.38. The lowest BCUT2D eigenvalue weighted by atomic mass is 10.1. The second-order valence-corrected chi connectivity index (χ2v) is 5.71. The largest absolute Gasteiger partial charge is 0.467 e. The Bertz CT molecular complexity index is 589. The highest BCUT2D eigenvalue weighted by Gasteiger charge is 2.28. The zero-order valence-corrected chi connectivity index (χ0v) is 12.4. The van der Waals surface area contributed by atoms with Crippen LogP contribution in [0.15, 0.2) is 41.1 Å². The van der Waals surface area contributed by atoms with Crippen LogP contribution in [0.25, 0.3) is 0 Å². The molecule has 2 aromatic rings. The molecule has 0 saturated heterocycles. The van der Waals surface area contributed by atoms with Crippen molar-refractivity contribution in [2.45, 2.75) is 38.3 Å². The first-order chi connectivity index (χ1) is 10.2. The average Bonchev–Trinajstić information content (AvgIpc) is 3.18. The Hall–Kier alpha value is -1.81. The van der Waals surface area contributed by atoms with Crippen molar-refractivity contribution in [3.63, 3.8) is 0 Å². The molecule has 1 saturated carbocycles. The fourth-order valence-electron chi connectivity index (χ4n) is 2.82. The average molecular weight is 305 g/mol. The molecule has 1 fully saturated rings. The summed E-state index contributed by atoms with van der Waals surface area (Å²) >= 11 is 5.79. The van der Waals surface area contributed by atoms with E-state index in [1.54, 1.807) is 18.4 Å². The van der Waals surface area contributed by atoms with Crippen molar-refractivity contribution in [3.05, 3.63) is 53.2 Å². The zero-order chi connectivity index (χ0) is 14.7. The van der Waals surface area contributed by atoms with E-state index in [-0.39, 0.29) is 11.9 Å². The molecular formula is C16H17ClN2O2. The molecule has 21 heavy (non-hydrogen) atoms. The number of rotatable bonds is 4. The van der Waals surface area contributed by atoms with Crippen LogP contribution in [0.4, 0.5) is 0 Å². The van der Waals surface area contributed by atoms with Gasteiger partial charge in [0, 0.05) is 12.2 Å². The van der Waals surface area contributed by atoms with E-state index in [1.165, 1.54) is 19.0 Å². The molecule has 1 aliphatic rings. The van der Waals surface area contributed by atoms with E-state index in [4.69, 9.17) is 16.0 Å². The number of hydrogen-bond acceptors (Lipinski definition) is 3. The molecule has 0 atom stereocenters. The maximum atomic E-state index is 12.8. The second kappa shape index (κ2) is 6.31. The quantitative estimate of drug-likeness (QED) is 0.804. The van der Waals surface area contributed by atoms with Gasteiger partial charge in [0.15, 0.2) is 0 Å². The number of furan rings is 1. The van der Waals surface area contributed by atoms with Crippen LogP contribution in [0, 0.1) is 0 Å². The summed E-state index contributed by atoms with van der Waals surface area (Å²) < 4.78 is 5.40. The Morgan fingerprint density at radius 1 is 1.33 bits per heavy atom. The number of hydrogen-bond donors (Lipinski definition) is 0. The molecule has 5 heteroatoms. The summed E-state index contributed by atoms with van der Waals surface area (Å²) in [6.45, 7) is 0.499. The van der Waals surface area contributed by atoms with Crippen LogP contribution in [0.1, 0.15) is 41.8 Å². The Labute approximate surface area is 128 Å². The van der Waals surface area contributed by atoms with Crippen LogP contribution in [-0.4, -0.2) is 21.8 Å². The van der Waals surface area contributed by atoms with Gasteiger partial charge in [-0.05, 0) is 37.1 Å². The molecule has 110 valence electrons. The van der Waals surface area contributed by atoms with Gasteiger partial charge >= 0.3 is 0 Å². The Balaban J connectivity index is 1.83. The third-order valence-electron chi connectivity index (χ3n) is 3.91. The summed E-state index contributed by atoms with van der Waals surface area (Å²) in [6.07, 6.45) is 7.61. The fraction of sp³-hybridized carbons (Fsp3) is 0.375. The number of carbonyl (C=O) groups is 1. The van der Waals surface area contributed by atoms with Crippen molar-refractivity contribution < 1.29 is 9.21 Å². The molecule has 2 heterocycles. The molecule has 0 unspecified atom stereocenters. The molecular weight excluding hydrogens is 288 g/mol. The summed E-state index contributed by atoms with van der Waals surface area (Å²) in [5.41, 5.74) is 0.567. The second-order valence-electron chi connectivity index (χ2n) is 5.32. The van der Waals surface area contributed by atoms with Crippen molar-refractivity contribution in [3.8, 4) is 0 Å². The Morgan fingerprint density at radius 3 is 2.76 bits per heavy atom. The minimum atomic E-state index is -0.0116. The van der Waals surface area contributed by atoms with Gasteiger partial charge in [-0.1, -0.05) is 24.4 Å². The number of nitrogens with zero attached hydrogens (tertiary/aromatic N) is 2. The summed E-state index contributed by atoms with van der Waals surface area (Å²) in [5.74, 6) is 0.791. The van der Waals surface area contributed by atoms with Gasteiger partial charge in [0.25, 0.3) is 5.91 Å². The zero-order valence-electron chi connectivity index (χ0n) is 11.7. The minimum Gasteiger partial charge on any atom is -0.467 e. The van der Waals surface area contributed by atoms with Crippen molar-refractivity contribution in [2.75, 3.05) is 0 Å². The van der Waals surface area contributed by atoms with Gasteiger partial charge in [0.2, 0.25) is 0 Å². The van der Waals surface area contributed by atoms with Crippen molar-refractivity contribution >= 4 is 17.5 Å². The number of carbonyl (C=O) groups excluding carboxylic acids is 1. The molecule has 0 spiro atoms. The van der Waals surface area contributed by atoms with Crippen LogP contribution < -0.4 is 0 Å². The Morgan fingerprint density at radius 2 is 2.14 bits per heavy atom. The van der Waals surface area contributed by atoms with E-state index in [2.05, 4.69) is 4.98 Å². The molecule has 0 bridgehead atoms. The van der Waals surface area contributed by atoms with Crippen molar-refractivity contribution in [2.24, 2.45) is 0 Å². The normalized spacial score (nSPS) is 15.3. The molecule has 0 aliphatic heterocycles. The van der Waals surface area contributed by atoms with Gasteiger partial charge in [-0.25, -0.2) is 4.98 Å². The van der Waals surface area contributed by atoms with Gasteiger partial charge in [0.1, 0.15) is 10.9 Å². The van der Waals surface area contributed by atoms with Crippen LogP contribution in [-0.2, 0) is 6.54 Å². The molecule has 0 N–H and O–H groups in total. The first-order valence-electron chi connectivity index (χ1n) is 7.19. The van der Waals surface area contributed by atoms with E-state index in [0.717, 1.165) is 18.6 Å². The first-order valence-corrected chi connectivity index (χ1v) is 7.57. The predicted molar refractivity (Wildman–Crippen MR) is 80.1 cm³/mol. The third kappa shape index (κ3) is 3.27. The maximum absolute atomic E-state index is 12.8. The van der Waals surface area contributed by atoms with E-state index >= 15 is 0 Å². The van der Waals surface area contributed by atoms with Gasteiger partial charge in [-0.2, -0.15) is 0 Å². The standard InChI is InChI=1S/C16H17ClN2O2/c17-15-8-7-12(10-18-15)16(20)19(13-4-1-2-5-13)11-14-6-3-9-21-14/h3,6-10,13H,1-2,4-5,11H2. The molecule has 0 aromatic carbocycles. The lowest BCUT2D eigenvalue weighted by Gasteiger charge is -2.28. The highest BCUT2D eigenvalue weighted by atomic mass is 35.5. The summed E-state index contributed by atoms with van der Waals surface area (Å²) in [7, 11) is 0. The predicted octanol–water partition coefficient (Wildman–Crippen LogP) is 3.91. The van der Waals surface area contributed by atoms with Crippen LogP contribution in [0.3, 0.4) is 0 Å². The van der Waals surface area contributed by atoms with E-state index < -0.39 is 0 Å². The van der Waals surface area contributed by atoms with Crippen LogP contribution in [0.5, 0.6) is 0 Å². The highest BCUT2D eigenvalue weighted by molar-refractivity contribution is 6.29. The van der Waals surface area contributed by atoms with Gasteiger partial charge < -0.3 is 9.32 Å².